The lowest BCUT2D eigenvalue weighted by atomic mass is 10.3. The molecule has 0 bridgehead atoms. The van der Waals surface area contributed by atoms with Crippen LogP contribution in [0.4, 0.5) is 5.69 Å². The van der Waals surface area contributed by atoms with E-state index >= 15 is 0 Å². The molecule has 62 valence electrons. The van der Waals surface area contributed by atoms with Crippen LogP contribution in [-0.4, -0.2) is 5.48 Å². The highest BCUT2D eigenvalue weighted by Crippen LogP contribution is 1.95. The van der Waals surface area contributed by atoms with Gasteiger partial charge >= 0.3 is 0 Å². The molecule has 11 heavy (non-hydrogen) atoms. The molecule has 1 rings (SSSR count). The number of hydrogen-bond acceptors (Lipinski definition) is 1. The highest BCUT2D eigenvalue weighted by atomic mass is 16.0. The van der Waals surface area contributed by atoms with Gasteiger partial charge in [0.2, 0.25) is 0 Å². The fourth-order valence-electron chi connectivity index (χ4n) is 0.453. The van der Waals surface area contributed by atoms with Crippen LogP contribution in [0, 0.1) is 0 Å². The van der Waals surface area contributed by atoms with Gasteiger partial charge in [0.25, 0.3) is 0 Å². The fourth-order valence-corrected chi connectivity index (χ4v) is 0.453. The Kier molecular flexibility index (Phi) is 9.83. The summed E-state index contributed by atoms with van der Waals surface area (Å²) in [7, 11) is 0. The van der Waals surface area contributed by atoms with Crippen LogP contribution >= 0.6 is 0 Å². The van der Waals surface area contributed by atoms with Crippen molar-refractivity contribution in [3.8, 4) is 0 Å². The molecule has 0 amide bonds. The summed E-state index contributed by atoms with van der Waals surface area (Å²) in [6.45, 7) is 5.25. The lowest BCUT2D eigenvalue weighted by molar-refractivity contribution is 0.824. The molecular weight excluding hydrogens is 138 g/mol. The highest BCUT2D eigenvalue weighted by molar-refractivity contribution is 5.35. The molecule has 0 saturated carbocycles. The van der Waals surface area contributed by atoms with E-state index in [4.69, 9.17) is 5.73 Å². The van der Waals surface area contributed by atoms with Gasteiger partial charge in [-0.2, -0.15) is 0 Å². The summed E-state index contributed by atoms with van der Waals surface area (Å²) in [5, 5.41) is 0. The third-order valence-electron chi connectivity index (χ3n) is 0.800. The Morgan fingerprint density at radius 2 is 1.64 bits per heavy atom. The molecule has 1 aromatic carbocycles. The van der Waals surface area contributed by atoms with Gasteiger partial charge in [0.1, 0.15) is 0 Å². The molecule has 0 fully saturated rings. The summed E-state index contributed by atoms with van der Waals surface area (Å²) in [5.74, 6) is 0. The highest BCUT2D eigenvalue weighted by Gasteiger charge is 1.72. The number of nitrogens with two attached hydrogens (primary N) is 1. The number of allylic oxidation sites excluding steroid dienone is 1. The summed E-state index contributed by atoms with van der Waals surface area (Å²) in [5.41, 5.74) is 6.18. The van der Waals surface area contributed by atoms with E-state index in [1.165, 1.54) is 0 Å². The maximum Gasteiger partial charge on any atom is 0.0313 e. The monoisotopic (exact) mass is 153 g/mol. The van der Waals surface area contributed by atoms with E-state index in [0.29, 0.717) is 0 Å². The summed E-state index contributed by atoms with van der Waals surface area (Å²) in [4.78, 5) is 0. The maximum atomic E-state index is 5.36. The van der Waals surface area contributed by atoms with Gasteiger partial charge in [0.05, 0.1) is 0 Å². The van der Waals surface area contributed by atoms with Crippen LogP contribution in [0.5, 0.6) is 0 Å². The summed E-state index contributed by atoms with van der Waals surface area (Å²) < 4.78 is 0. The molecule has 2 nitrogen and oxygen atoms in total. The number of rotatable bonds is 0. The van der Waals surface area contributed by atoms with Crippen molar-refractivity contribution >= 4 is 5.69 Å². The van der Waals surface area contributed by atoms with Crippen LogP contribution in [-0.2, 0) is 0 Å². The Balaban J connectivity index is 0. The SMILES string of the molecule is C=CC.Nc1ccccc1.O. The van der Waals surface area contributed by atoms with E-state index in [-0.39, 0.29) is 5.48 Å². The zero-order chi connectivity index (χ0) is 7.82. The van der Waals surface area contributed by atoms with Gasteiger partial charge in [-0.1, -0.05) is 24.3 Å². The molecule has 0 heterocycles. The summed E-state index contributed by atoms with van der Waals surface area (Å²) in [6.07, 6.45) is 1.75. The van der Waals surface area contributed by atoms with Crippen LogP contribution in [0.15, 0.2) is 43.0 Å². The molecule has 0 aliphatic carbocycles. The van der Waals surface area contributed by atoms with Crippen molar-refractivity contribution in [3.63, 3.8) is 0 Å². The summed E-state index contributed by atoms with van der Waals surface area (Å²) in [6, 6.07) is 9.49. The van der Waals surface area contributed by atoms with Gasteiger partial charge in [-0.15, -0.1) is 6.58 Å². The molecule has 1 aromatic rings. The van der Waals surface area contributed by atoms with Gasteiger partial charge in [-0.05, 0) is 19.1 Å². The Bertz CT molecular complexity index is 172. The second-order valence-electron chi connectivity index (χ2n) is 1.82. The maximum absolute atomic E-state index is 5.36. The number of anilines is 1. The van der Waals surface area contributed by atoms with E-state index < -0.39 is 0 Å². The first-order valence-corrected chi connectivity index (χ1v) is 3.18. The van der Waals surface area contributed by atoms with Crippen molar-refractivity contribution in [1.29, 1.82) is 0 Å². The first kappa shape index (κ1) is 12.4. The average Bonchev–Trinajstić information content (AvgIpc) is 1.91. The first-order valence-electron chi connectivity index (χ1n) is 3.18. The molecule has 0 unspecified atom stereocenters. The van der Waals surface area contributed by atoms with Crippen molar-refractivity contribution in [3.05, 3.63) is 43.0 Å². The van der Waals surface area contributed by atoms with Gasteiger partial charge in [-0.25, -0.2) is 0 Å². The molecular formula is C9H15NO. The standard InChI is InChI=1S/C6H7N.C3H6.H2O/c7-6-4-2-1-3-5-6;1-3-2;/h1-5H,7H2;3H,1H2,2H3;1H2. The van der Waals surface area contributed by atoms with E-state index in [0.717, 1.165) is 5.69 Å². The van der Waals surface area contributed by atoms with Crippen molar-refractivity contribution in [2.75, 3.05) is 5.73 Å². The number of benzene rings is 1. The normalized spacial score (nSPS) is 6.64. The minimum absolute atomic E-state index is 0. The molecule has 0 aliphatic heterocycles. The van der Waals surface area contributed by atoms with Crippen molar-refractivity contribution in [2.24, 2.45) is 0 Å². The molecule has 0 saturated heterocycles. The van der Waals surface area contributed by atoms with E-state index in [9.17, 15) is 0 Å². The van der Waals surface area contributed by atoms with E-state index in [2.05, 4.69) is 6.58 Å². The van der Waals surface area contributed by atoms with Crippen molar-refractivity contribution in [2.45, 2.75) is 6.92 Å². The molecule has 4 N–H and O–H groups in total. The number of para-hydroxylation sites is 1. The number of hydrogen-bond donors (Lipinski definition) is 1. The summed E-state index contributed by atoms with van der Waals surface area (Å²) >= 11 is 0. The lowest BCUT2D eigenvalue weighted by Crippen LogP contribution is -1.79. The average molecular weight is 153 g/mol. The first-order chi connectivity index (χ1) is 4.81. The third kappa shape index (κ3) is 8.72. The topological polar surface area (TPSA) is 57.5 Å². The third-order valence-corrected chi connectivity index (χ3v) is 0.800. The van der Waals surface area contributed by atoms with Crippen LogP contribution in [0.1, 0.15) is 6.92 Å². The molecule has 0 spiro atoms. The Morgan fingerprint density at radius 1 is 1.27 bits per heavy atom. The van der Waals surface area contributed by atoms with Gasteiger partial charge in [0.15, 0.2) is 0 Å². The van der Waals surface area contributed by atoms with Crippen LogP contribution in [0.2, 0.25) is 0 Å². The second kappa shape index (κ2) is 8.72. The minimum Gasteiger partial charge on any atom is -0.412 e. The van der Waals surface area contributed by atoms with Gasteiger partial charge in [0, 0.05) is 5.69 Å². The molecule has 0 atom stereocenters. The van der Waals surface area contributed by atoms with E-state index in [1.54, 1.807) is 6.08 Å². The van der Waals surface area contributed by atoms with Gasteiger partial charge in [-0.3, -0.25) is 0 Å². The molecule has 0 radical (unpaired) electrons. The van der Waals surface area contributed by atoms with Gasteiger partial charge < -0.3 is 11.2 Å². The predicted octanol–water partition coefficient (Wildman–Crippen LogP) is 1.64. The van der Waals surface area contributed by atoms with Crippen LogP contribution in [0.3, 0.4) is 0 Å². The zero-order valence-corrected chi connectivity index (χ0v) is 6.75. The molecule has 2 heteroatoms. The zero-order valence-electron chi connectivity index (χ0n) is 6.75. The lowest BCUT2D eigenvalue weighted by Gasteiger charge is -1.83. The number of nitrogen functional groups attached to an aromatic ring is 1. The Morgan fingerprint density at radius 3 is 1.82 bits per heavy atom. The van der Waals surface area contributed by atoms with Crippen LogP contribution in [0.25, 0.3) is 0 Å². The van der Waals surface area contributed by atoms with Crippen molar-refractivity contribution in [1.82, 2.24) is 0 Å². The Labute approximate surface area is 67.7 Å². The predicted molar refractivity (Wildman–Crippen MR) is 50.3 cm³/mol. The van der Waals surface area contributed by atoms with Crippen molar-refractivity contribution < 1.29 is 5.48 Å². The Hall–Kier alpha value is -1.28. The quantitative estimate of drug-likeness (QED) is 0.447. The molecule has 0 aliphatic rings. The fraction of sp³-hybridized carbons (Fsp3) is 0.111. The van der Waals surface area contributed by atoms with E-state index in [1.807, 2.05) is 37.3 Å². The minimum atomic E-state index is 0. The van der Waals surface area contributed by atoms with Crippen LogP contribution < -0.4 is 5.73 Å². The smallest absolute Gasteiger partial charge is 0.0313 e. The second-order valence-corrected chi connectivity index (χ2v) is 1.82. The molecule has 0 aromatic heterocycles. The largest absolute Gasteiger partial charge is 0.412 e.